The highest BCUT2D eigenvalue weighted by molar-refractivity contribution is 5.81. The van der Waals surface area contributed by atoms with Crippen molar-refractivity contribution < 1.29 is 34.1 Å². The minimum atomic E-state index is -0.981. The molecule has 0 aliphatic carbocycles. The van der Waals surface area contributed by atoms with Gasteiger partial charge in [-0.25, -0.2) is 14.4 Å². The number of aliphatic hydroxyl groups excluding tert-OH is 1. The molecule has 2 N–H and O–H groups in total. The lowest BCUT2D eigenvalue weighted by Gasteiger charge is -1.92. The molecule has 20 heavy (non-hydrogen) atoms. The van der Waals surface area contributed by atoms with E-state index in [-0.39, 0.29) is 6.61 Å². The molecule has 0 aromatic carbocycles. The number of aliphatic hydroxyl groups is 1. The quantitative estimate of drug-likeness (QED) is 0.446. The largest absolute Gasteiger partial charge is 0.516 e. The summed E-state index contributed by atoms with van der Waals surface area (Å²) < 4.78 is 8.57. The number of aliphatic carboxylic acids is 1. The van der Waals surface area contributed by atoms with Crippen molar-refractivity contribution in [3.8, 4) is 0 Å². The Bertz CT molecular complexity index is 356. The van der Waals surface area contributed by atoms with E-state index in [2.05, 4.69) is 29.2 Å². The molecule has 0 aromatic rings. The van der Waals surface area contributed by atoms with Gasteiger partial charge in [0.2, 0.25) is 0 Å². The summed E-state index contributed by atoms with van der Waals surface area (Å²) in [4.78, 5) is 29.3. The molecule has 7 heteroatoms. The lowest BCUT2D eigenvalue weighted by molar-refractivity contribution is -0.136. The zero-order valence-corrected chi connectivity index (χ0v) is 11.2. The summed E-state index contributed by atoms with van der Waals surface area (Å²) in [6.07, 6.45) is 5.13. The van der Waals surface area contributed by atoms with Crippen molar-refractivity contribution in [3.05, 3.63) is 50.3 Å². The highest BCUT2D eigenvalue weighted by atomic mass is 16.5. The normalized spacial score (nSPS) is 7.85. The third-order valence-corrected chi connectivity index (χ3v) is 1.14. The number of hydrogen-bond acceptors (Lipinski definition) is 6. The molecule has 0 aromatic heterocycles. The molecule has 0 unspecified atom stereocenters. The second-order valence-electron chi connectivity index (χ2n) is 2.49. The van der Waals surface area contributed by atoms with Crippen LogP contribution in [0.25, 0.3) is 0 Å². The molecular formula is C13H18O7. The molecular weight excluding hydrogens is 268 g/mol. The van der Waals surface area contributed by atoms with E-state index in [0.717, 1.165) is 24.5 Å². The van der Waals surface area contributed by atoms with Crippen molar-refractivity contribution in [2.45, 2.75) is 0 Å². The van der Waals surface area contributed by atoms with Crippen molar-refractivity contribution in [2.24, 2.45) is 0 Å². The third-order valence-electron chi connectivity index (χ3n) is 1.14. The zero-order valence-electron chi connectivity index (χ0n) is 11.2. The standard InChI is InChI=1S/C6H8O3.C4H6O2.C3H4O2/c1-2-6(8)9-5-3-4-7;1-3-4(5)6-2;1-2-3(4)5/h2-4,7H,1,5H2;3H,1H2,2H3;2H,1H2,(H,4,5). The summed E-state index contributed by atoms with van der Waals surface area (Å²) in [5, 5.41) is 15.7. The number of esters is 2. The van der Waals surface area contributed by atoms with Crippen LogP contribution in [0.3, 0.4) is 0 Å². The summed E-state index contributed by atoms with van der Waals surface area (Å²) in [6.45, 7) is 9.38. The Morgan fingerprint density at radius 1 is 1.05 bits per heavy atom. The average molecular weight is 286 g/mol. The molecule has 0 atom stereocenters. The van der Waals surface area contributed by atoms with Gasteiger partial charge in [-0.1, -0.05) is 19.7 Å². The summed E-state index contributed by atoms with van der Waals surface area (Å²) in [6, 6.07) is 0. The van der Waals surface area contributed by atoms with E-state index in [0.29, 0.717) is 0 Å². The van der Waals surface area contributed by atoms with Gasteiger partial charge in [0.15, 0.2) is 0 Å². The van der Waals surface area contributed by atoms with E-state index in [9.17, 15) is 14.4 Å². The van der Waals surface area contributed by atoms with Crippen LogP contribution < -0.4 is 0 Å². The molecule has 0 bridgehead atoms. The number of hydrogen-bond donors (Lipinski definition) is 2. The first-order valence-electron chi connectivity index (χ1n) is 5.03. The molecule has 0 heterocycles. The maximum atomic E-state index is 10.2. The van der Waals surface area contributed by atoms with Gasteiger partial charge in [-0.05, 0) is 6.08 Å². The summed E-state index contributed by atoms with van der Waals surface area (Å²) in [5.74, 6) is -1.87. The Morgan fingerprint density at radius 2 is 1.50 bits per heavy atom. The lowest BCUT2D eigenvalue weighted by atomic mass is 10.6. The van der Waals surface area contributed by atoms with Crippen LogP contribution in [0.2, 0.25) is 0 Å². The Hall–Kier alpha value is -2.83. The first-order valence-corrected chi connectivity index (χ1v) is 5.03. The first-order chi connectivity index (χ1) is 9.39. The molecule has 0 saturated carbocycles. The van der Waals surface area contributed by atoms with Crippen molar-refractivity contribution in [2.75, 3.05) is 13.7 Å². The highest BCUT2D eigenvalue weighted by Gasteiger charge is 1.88. The van der Waals surface area contributed by atoms with Crippen LogP contribution in [0.15, 0.2) is 50.3 Å². The van der Waals surface area contributed by atoms with Crippen LogP contribution in [0.1, 0.15) is 0 Å². The molecule has 0 rings (SSSR count). The number of carboxylic acid groups (broad SMARTS) is 1. The van der Waals surface area contributed by atoms with E-state index in [1.165, 1.54) is 13.2 Å². The average Bonchev–Trinajstić information content (AvgIpc) is 2.47. The van der Waals surface area contributed by atoms with Gasteiger partial charge in [0, 0.05) is 18.2 Å². The molecule has 7 nitrogen and oxygen atoms in total. The molecule has 112 valence electrons. The number of carboxylic acids is 1. The minimum absolute atomic E-state index is 0.0847. The predicted octanol–water partition coefficient (Wildman–Crippen LogP) is 1.39. The van der Waals surface area contributed by atoms with E-state index >= 15 is 0 Å². The second-order valence-corrected chi connectivity index (χ2v) is 2.49. The third kappa shape index (κ3) is 29.4. The van der Waals surface area contributed by atoms with E-state index in [4.69, 9.17) is 10.2 Å². The molecule has 0 spiro atoms. The number of rotatable bonds is 5. The SMILES string of the molecule is C=CC(=O)O.C=CC(=O)OC.C=CC(=O)OCC=CO. The highest BCUT2D eigenvalue weighted by Crippen LogP contribution is 1.78. The Kier molecular flexibility index (Phi) is 20.7. The number of methoxy groups -OCH3 is 1. The smallest absolute Gasteiger partial charge is 0.330 e. The maximum absolute atomic E-state index is 10.2. The van der Waals surface area contributed by atoms with Gasteiger partial charge in [-0.3, -0.25) is 0 Å². The van der Waals surface area contributed by atoms with Gasteiger partial charge < -0.3 is 19.7 Å². The molecule has 0 aliphatic heterocycles. The molecule has 0 radical (unpaired) electrons. The van der Waals surface area contributed by atoms with Gasteiger partial charge in [-0.15, -0.1) is 0 Å². The van der Waals surface area contributed by atoms with Gasteiger partial charge in [0.05, 0.1) is 13.4 Å². The van der Waals surface area contributed by atoms with Crippen LogP contribution in [0.4, 0.5) is 0 Å². The lowest BCUT2D eigenvalue weighted by Crippen LogP contribution is -1.98. The number of ether oxygens (including phenoxy) is 2. The van der Waals surface area contributed by atoms with Gasteiger partial charge in [0.25, 0.3) is 0 Å². The first kappa shape index (κ1) is 22.4. The van der Waals surface area contributed by atoms with Crippen molar-refractivity contribution in [3.63, 3.8) is 0 Å². The van der Waals surface area contributed by atoms with Crippen LogP contribution in [-0.4, -0.2) is 41.8 Å². The van der Waals surface area contributed by atoms with Gasteiger partial charge in [0.1, 0.15) is 6.61 Å². The van der Waals surface area contributed by atoms with Crippen molar-refractivity contribution in [1.29, 1.82) is 0 Å². The van der Waals surface area contributed by atoms with Crippen LogP contribution in [-0.2, 0) is 23.9 Å². The van der Waals surface area contributed by atoms with E-state index in [1.54, 1.807) is 0 Å². The minimum Gasteiger partial charge on any atom is -0.516 e. The monoisotopic (exact) mass is 286 g/mol. The molecule has 0 saturated heterocycles. The summed E-state index contributed by atoms with van der Waals surface area (Å²) in [5.41, 5.74) is 0. The van der Waals surface area contributed by atoms with Crippen LogP contribution in [0.5, 0.6) is 0 Å². The fraction of sp³-hybridized carbons (Fsp3) is 0.154. The van der Waals surface area contributed by atoms with Gasteiger partial charge in [-0.2, -0.15) is 0 Å². The Labute approximate surface area is 117 Å². The summed E-state index contributed by atoms with van der Waals surface area (Å²) in [7, 11) is 1.31. The fourth-order valence-electron chi connectivity index (χ4n) is 0.316. The fourth-order valence-corrected chi connectivity index (χ4v) is 0.316. The molecule has 0 amide bonds. The topological polar surface area (TPSA) is 110 Å². The number of carbonyl (C=O) groups excluding carboxylic acids is 2. The van der Waals surface area contributed by atoms with Gasteiger partial charge >= 0.3 is 17.9 Å². The molecule has 0 fully saturated rings. The maximum Gasteiger partial charge on any atom is 0.330 e. The van der Waals surface area contributed by atoms with Crippen LogP contribution in [0, 0.1) is 0 Å². The van der Waals surface area contributed by atoms with Crippen molar-refractivity contribution >= 4 is 17.9 Å². The van der Waals surface area contributed by atoms with E-state index < -0.39 is 17.9 Å². The number of carbonyl (C=O) groups is 3. The Balaban J connectivity index is -0.000000230. The van der Waals surface area contributed by atoms with E-state index in [1.807, 2.05) is 0 Å². The zero-order chi connectivity index (χ0) is 16.4. The van der Waals surface area contributed by atoms with Crippen molar-refractivity contribution in [1.82, 2.24) is 0 Å². The molecule has 0 aliphatic rings. The van der Waals surface area contributed by atoms with Crippen LogP contribution >= 0.6 is 0 Å². The summed E-state index contributed by atoms with van der Waals surface area (Å²) >= 11 is 0. The Morgan fingerprint density at radius 3 is 1.70 bits per heavy atom. The second kappa shape index (κ2) is 18.5. The predicted molar refractivity (Wildman–Crippen MR) is 73.0 cm³/mol.